The number of furan rings is 2. The average Bonchev–Trinajstić information content (AvgIpc) is 3.53. The number of aromatic nitrogens is 4. The van der Waals surface area contributed by atoms with E-state index in [0.717, 1.165) is 4.80 Å². The summed E-state index contributed by atoms with van der Waals surface area (Å²) in [5, 5.41) is 15.6. The van der Waals surface area contributed by atoms with Gasteiger partial charge in [0.25, 0.3) is 11.8 Å². The number of nitrogens with one attached hydrogen (secondary N) is 1. The van der Waals surface area contributed by atoms with Crippen molar-refractivity contribution in [2.24, 2.45) is 0 Å². The fraction of sp³-hybridized carbons (Fsp3) is 0.292. The molecule has 0 fully saturated rings. The number of rotatable bonds is 7. The Hall–Kier alpha value is -3.92. The molecular weight excluding hydrogens is 472 g/mol. The van der Waals surface area contributed by atoms with Crippen LogP contribution in [0, 0.1) is 6.92 Å². The summed E-state index contributed by atoms with van der Waals surface area (Å²) >= 11 is 6.07. The predicted molar refractivity (Wildman–Crippen MR) is 129 cm³/mol. The molecule has 4 rings (SSSR count). The number of aryl methyl sites for hydroxylation is 1. The van der Waals surface area contributed by atoms with Crippen LogP contribution in [-0.2, 0) is 16.1 Å². The summed E-state index contributed by atoms with van der Waals surface area (Å²) < 4.78 is 11.1. The molecule has 0 bridgehead atoms. The zero-order chi connectivity index (χ0) is 25.2. The highest BCUT2D eigenvalue weighted by Crippen LogP contribution is 2.30. The lowest BCUT2D eigenvalue weighted by molar-refractivity contribution is -0.128. The van der Waals surface area contributed by atoms with Crippen LogP contribution in [0.2, 0.25) is 5.02 Å². The van der Waals surface area contributed by atoms with Crippen molar-refractivity contribution in [3.63, 3.8) is 0 Å². The van der Waals surface area contributed by atoms with E-state index in [2.05, 4.69) is 20.7 Å². The molecule has 1 N–H and O–H groups in total. The van der Waals surface area contributed by atoms with E-state index in [4.69, 9.17) is 20.4 Å². The zero-order valence-electron chi connectivity index (χ0n) is 19.7. The van der Waals surface area contributed by atoms with Crippen molar-refractivity contribution in [3.05, 3.63) is 71.3 Å². The largest absolute Gasteiger partial charge is 0.467 e. The molecule has 0 unspecified atom stereocenters. The molecule has 0 saturated heterocycles. The van der Waals surface area contributed by atoms with Crippen LogP contribution in [0.3, 0.4) is 0 Å². The van der Waals surface area contributed by atoms with Crippen LogP contribution in [0.25, 0.3) is 11.6 Å². The third-order valence-corrected chi connectivity index (χ3v) is 5.13. The highest BCUT2D eigenvalue weighted by Gasteiger charge is 2.36. The predicted octanol–water partition coefficient (Wildman–Crippen LogP) is 4.18. The third-order valence-electron chi connectivity index (χ3n) is 4.88. The normalized spacial score (nSPS) is 12.4. The van der Waals surface area contributed by atoms with Gasteiger partial charge in [-0.25, -0.2) is 0 Å². The first kappa shape index (κ1) is 24.2. The van der Waals surface area contributed by atoms with Crippen LogP contribution in [0.4, 0.5) is 5.69 Å². The Bertz CT molecular complexity index is 1300. The number of amides is 2. The van der Waals surface area contributed by atoms with E-state index in [1.165, 1.54) is 11.2 Å². The lowest BCUT2D eigenvalue weighted by Gasteiger charge is -2.32. The second-order valence-electron chi connectivity index (χ2n) is 8.95. The molecule has 3 aromatic heterocycles. The molecule has 10 nitrogen and oxygen atoms in total. The van der Waals surface area contributed by atoms with Crippen LogP contribution in [0.5, 0.6) is 0 Å². The lowest BCUT2D eigenvalue weighted by Crippen LogP contribution is -2.50. The summed E-state index contributed by atoms with van der Waals surface area (Å²) in [4.78, 5) is 29.6. The molecule has 182 valence electrons. The van der Waals surface area contributed by atoms with Crippen molar-refractivity contribution < 1.29 is 18.4 Å². The van der Waals surface area contributed by atoms with Gasteiger partial charge < -0.3 is 14.2 Å². The molecule has 4 aromatic rings. The second-order valence-corrected chi connectivity index (χ2v) is 9.39. The molecule has 0 spiro atoms. The molecule has 1 aromatic carbocycles. The van der Waals surface area contributed by atoms with E-state index in [-0.39, 0.29) is 12.4 Å². The van der Waals surface area contributed by atoms with Crippen LogP contribution in [0.15, 0.2) is 63.6 Å². The number of carbonyl (C=O) groups excluding carboxylic acids is 2. The first-order valence-electron chi connectivity index (χ1n) is 10.9. The summed E-state index contributed by atoms with van der Waals surface area (Å²) in [6.45, 7) is 7.09. The van der Waals surface area contributed by atoms with Crippen molar-refractivity contribution in [1.29, 1.82) is 0 Å². The number of hydrogen-bond acceptors (Lipinski definition) is 7. The number of benzene rings is 1. The molecule has 11 heteroatoms. The standard InChI is InChI=1S/C24H25ClN6O4/c1-15-7-12-19(35-15)22-27-29-30(28-22)14-20(32)31(17-10-8-16(25)9-11-17)21(18-6-5-13-34-18)23(33)26-24(2,3)4/h5-13,21H,14H2,1-4H3,(H,26,33)/t21-/m1/s1. The minimum absolute atomic E-state index is 0.247. The van der Waals surface area contributed by atoms with E-state index >= 15 is 0 Å². The third kappa shape index (κ3) is 5.78. The van der Waals surface area contributed by atoms with Crippen molar-refractivity contribution in [2.75, 3.05) is 4.90 Å². The van der Waals surface area contributed by atoms with Gasteiger partial charge in [-0.3, -0.25) is 14.5 Å². The Morgan fingerprint density at radius 1 is 1.14 bits per heavy atom. The molecule has 0 aliphatic heterocycles. The Labute approximate surface area is 206 Å². The maximum Gasteiger partial charge on any atom is 0.251 e. The van der Waals surface area contributed by atoms with Gasteiger partial charge in [-0.1, -0.05) is 11.6 Å². The van der Waals surface area contributed by atoms with E-state index in [1.54, 1.807) is 55.5 Å². The summed E-state index contributed by atoms with van der Waals surface area (Å²) in [5.41, 5.74) is -0.0907. The maximum absolute atomic E-state index is 13.7. The Balaban J connectivity index is 1.70. The Morgan fingerprint density at radius 2 is 1.89 bits per heavy atom. The van der Waals surface area contributed by atoms with Gasteiger partial charge in [0, 0.05) is 16.2 Å². The van der Waals surface area contributed by atoms with E-state index in [0.29, 0.717) is 28.0 Å². The summed E-state index contributed by atoms with van der Waals surface area (Å²) in [6.07, 6.45) is 1.45. The summed E-state index contributed by atoms with van der Waals surface area (Å²) in [7, 11) is 0. The molecule has 0 radical (unpaired) electrons. The van der Waals surface area contributed by atoms with E-state index in [9.17, 15) is 9.59 Å². The molecule has 0 saturated carbocycles. The Kier molecular flexibility index (Phi) is 6.74. The molecule has 35 heavy (non-hydrogen) atoms. The minimum atomic E-state index is -1.09. The van der Waals surface area contributed by atoms with Gasteiger partial charge in [-0.2, -0.15) is 4.80 Å². The Morgan fingerprint density at radius 3 is 2.49 bits per heavy atom. The molecule has 0 aliphatic rings. The topological polar surface area (TPSA) is 119 Å². The lowest BCUT2D eigenvalue weighted by atomic mass is 10.1. The number of halogens is 1. The van der Waals surface area contributed by atoms with E-state index in [1.807, 2.05) is 20.8 Å². The fourth-order valence-corrected chi connectivity index (χ4v) is 3.58. The molecule has 1 atom stereocenters. The number of nitrogens with zero attached hydrogens (tertiary/aromatic N) is 5. The van der Waals surface area contributed by atoms with Crippen molar-refractivity contribution in [2.45, 2.75) is 45.8 Å². The van der Waals surface area contributed by atoms with Gasteiger partial charge in [0.15, 0.2) is 11.8 Å². The minimum Gasteiger partial charge on any atom is -0.467 e. The monoisotopic (exact) mass is 496 g/mol. The van der Waals surface area contributed by atoms with Crippen molar-refractivity contribution >= 4 is 29.1 Å². The second kappa shape index (κ2) is 9.75. The quantitative estimate of drug-likeness (QED) is 0.407. The van der Waals surface area contributed by atoms with Gasteiger partial charge >= 0.3 is 0 Å². The van der Waals surface area contributed by atoms with Crippen LogP contribution in [-0.4, -0.2) is 37.6 Å². The van der Waals surface area contributed by atoms with Gasteiger partial charge in [-0.05, 0) is 81.4 Å². The van der Waals surface area contributed by atoms with Crippen molar-refractivity contribution in [1.82, 2.24) is 25.5 Å². The summed E-state index contributed by atoms with van der Waals surface area (Å²) in [6, 6.07) is 12.3. The maximum atomic E-state index is 13.7. The van der Waals surface area contributed by atoms with Crippen LogP contribution >= 0.6 is 11.6 Å². The molecular formula is C24H25ClN6O4. The highest BCUT2D eigenvalue weighted by molar-refractivity contribution is 6.30. The van der Waals surface area contributed by atoms with E-state index < -0.39 is 23.4 Å². The first-order valence-corrected chi connectivity index (χ1v) is 11.3. The number of hydrogen-bond donors (Lipinski definition) is 1. The van der Waals surface area contributed by atoms with Gasteiger partial charge in [-0.15, -0.1) is 10.2 Å². The van der Waals surface area contributed by atoms with Gasteiger partial charge in [0.2, 0.25) is 5.82 Å². The molecule has 0 aliphatic carbocycles. The van der Waals surface area contributed by atoms with Gasteiger partial charge in [0.1, 0.15) is 18.1 Å². The number of tetrazole rings is 1. The van der Waals surface area contributed by atoms with Gasteiger partial charge in [0.05, 0.1) is 6.26 Å². The SMILES string of the molecule is Cc1ccc(-c2nnn(CC(=O)N(c3ccc(Cl)cc3)[C@@H](C(=O)NC(C)(C)C)c3ccco3)n2)o1. The van der Waals surface area contributed by atoms with Crippen LogP contribution in [0.1, 0.15) is 38.3 Å². The first-order chi connectivity index (χ1) is 16.6. The highest BCUT2D eigenvalue weighted by atomic mass is 35.5. The average molecular weight is 497 g/mol. The zero-order valence-corrected chi connectivity index (χ0v) is 20.5. The molecule has 3 heterocycles. The smallest absolute Gasteiger partial charge is 0.251 e. The fourth-order valence-electron chi connectivity index (χ4n) is 3.46. The number of carbonyl (C=O) groups is 2. The van der Waals surface area contributed by atoms with Crippen LogP contribution < -0.4 is 10.2 Å². The number of anilines is 1. The summed E-state index contributed by atoms with van der Waals surface area (Å²) in [5.74, 6) is 0.818. The van der Waals surface area contributed by atoms with Crippen molar-refractivity contribution in [3.8, 4) is 11.6 Å². The molecule has 2 amide bonds.